The van der Waals surface area contributed by atoms with E-state index in [0.717, 1.165) is 10.9 Å². The second-order valence-corrected chi connectivity index (χ2v) is 7.09. The number of benzene rings is 2. The van der Waals surface area contributed by atoms with Gasteiger partial charge in [0.15, 0.2) is 0 Å². The number of nitrogens with two attached hydrogens (primary N) is 1. The quantitative estimate of drug-likeness (QED) is 0.500. The molecule has 0 aliphatic carbocycles. The van der Waals surface area contributed by atoms with Crippen LogP contribution in [0.15, 0.2) is 47.4 Å². The van der Waals surface area contributed by atoms with Gasteiger partial charge < -0.3 is 4.98 Å². The minimum Gasteiger partial charge on any atom is -0.355 e. The van der Waals surface area contributed by atoms with E-state index in [-0.39, 0.29) is 16.3 Å². The molecule has 0 aliphatic rings. The highest BCUT2D eigenvalue weighted by atomic mass is 32.2. The van der Waals surface area contributed by atoms with E-state index in [1.807, 2.05) is 6.07 Å². The van der Waals surface area contributed by atoms with E-state index in [4.69, 9.17) is 10.4 Å². The molecule has 0 saturated heterocycles. The van der Waals surface area contributed by atoms with Crippen molar-refractivity contribution < 1.29 is 8.42 Å². The molecule has 0 aliphatic heterocycles. The molecule has 0 amide bonds. The van der Waals surface area contributed by atoms with Gasteiger partial charge in [-0.1, -0.05) is 12.1 Å². The molecule has 26 heavy (non-hydrogen) atoms. The van der Waals surface area contributed by atoms with Crippen molar-refractivity contribution in [3.8, 4) is 28.7 Å². The zero-order valence-corrected chi connectivity index (χ0v) is 13.9. The maximum absolute atomic E-state index is 12.0. The average molecular weight is 365 g/mol. The minimum absolute atomic E-state index is 0.104. The summed E-state index contributed by atoms with van der Waals surface area (Å²) in [7, 11) is -4.01. The Morgan fingerprint density at radius 3 is 2.69 bits per heavy atom. The Morgan fingerprint density at radius 2 is 2.00 bits per heavy atom. The summed E-state index contributed by atoms with van der Waals surface area (Å²) in [6.07, 6.45) is 0. The summed E-state index contributed by atoms with van der Waals surface area (Å²) < 4.78 is 24.1. The van der Waals surface area contributed by atoms with Crippen LogP contribution in [-0.4, -0.2) is 34.0 Å². The molecule has 4 rings (SSSR count). The number of H-pyrrole nitrogens is 2. The molecule has 2 aromatic carbocycles. The molecular weight excluding hydrogens is 354 g/mol. The molecule has 0 bridgehead atoms. The van der Waals surface area contributed by atoms with Crippen molar-refractivity contribution in [1.82, 2.24) is 25.6 Å². The predicted molar refractivity (Wildman–Crippen MR) is 93.0 cm³/mol. The number of nitrogens with zero attached hydrogens (tertiary/aromatic N) is 4. The van der Waals surface area contributed by atoms with E-state index in [1.54, 1.807) is 30.3 Å². The van der Waals surface area contributed by atoms with E-state index in [2.05, 4.69) is 31.7 Å². The molecule has 2 heterocycles. The van der Waals surface area contributed by atoms with Crippen LogP contribution in [0, 0.1) is 11.3 Å². The smallest absolute Gasteiger partial charge is 0.238 e. The van der Waals surface area contributed by atoms with Gasteiger partial charge in [0.1, 0.15) is 0 Å². The van der Waals surface area contributed by atoms with Crippen molar-refractivity contribution >= 4 is 20.9 Å². The molecule has 4 N–H and O–H groups in total. The Balaban J connectivity index is 2.02. The number of tetrazole rings is 1. The van der Waals surface area contributed by atoms with Gasteiger partial charge >= 0.3 is 0 Å². The van der Waals surface area contributed by atoms with E-state index in [9.17, 15) is 8.42 Å². The molecule has 0 atom stereocenters. The molecule has 0 unspecified atom stereocenters. The number of sulfonamides is 1. The standard InChI is InChI=1S/C16H11N7O2S/c17-8-9-4-5-12-10(6-9)7-13(19-12)11-2-1-3-14(26(18,24)25)15(11)16-20-22-23-21-16/h1-7,19H,(H2,18,24,25)(H,20,21,22,23). The van der Waals surface area contributed by atoms with E-state index < -0.39 is 10.0 Å². The van der Waals surface area contributed by atoms with Crippen molar-refractivity contribution in [2.45, 2.75) is 4.90 Å². The number of nitrogens with one attached hydrogen (secondary N) is 2. The van der Waals surface area contributed by atoms with Crippen LogP contribution < -0.4 is 5.14 Å². The summed E-state index contributed by atoms with van der Waals surface area (Å²) in [5.41, 5.74) is 2.77. The van der Waals surface area contributed by atoms with Gasteiger partial charge in [-0.25, -0.2) is 13.6 Å². The highest BCUT2D eigenvalue weighted by Gasteiger charge is 2.23. The Morgan fingerprint density at radius 1 is 1.15 bits per heavy atom. The summed E-state index contributed by atoms with van der Waals surface area (Å²) >= 11 is 0. The first-order valence-electron chi connectivity index (χ1n) is 7.40. The predicted octanol–water partition coefficient (Wildman–Crippen LogP) is 1.53. The Hall–Kier alpha value is -3.55. The fourth-order valence-corrected chi connectivity index (χ4v) is 3.59. The fraction of sp³-hybridized carbons (Fsp3) is 0. The highest BCUT2D eigenvalue weighted by Crippen LogP contribution is 2.35. The number of aromatic nitrogens is 5. The van der Waals surface area contributed by atoms with Crippen molar-refractivity contribution in [1.29, 1.82) is 5.26 Å². The van der Waals surface area contributed by atoms with Gasteiger partial charge in [-0.05, 0) is 35.5 Å². The second kappa shape index (κ2) is 5.76. The Labute approximate surface area is 147 Å². The van der Waals surface area contributed by atoms with Gasteiger partial charge in [0, 0.05) is 22.2 Å². The molecule has 0 radical (unpaired) electrons. The molecular formula is C16H11N7O2S. The summed E-state index contributed by atoms with van der Waals surface area (Å²) in [6.45, 7) is 0. The summed E-state index contributed by atoms with van der Waals surface area (Å²) in [5, 5.41) is 28.9. The number of rotatable bonds is 3. The van der Waals surface area contributed by atoms with E-state index >= 15 is 0 Å². The largest absolute Gasteiger partial charge is 0.355 e. The SMILES string of the molecule is N#Cc1ccc2[nH]c(-c3cccc(S(N)(=O)=O)c3-c3nn[nH]n3)cc2c1. The maximum atomic E-state index is 12.0. The van der Waals surface area contributed by atoms with Gasteiger partial charge in [-0.15, -0.1) is 10.2 Å². The van der Waals surface area contributed by atoms with Crippen LogP contribution in [0.4, 0.5) is 0 Å². The average Bonchev–Trinajstić information content (AvgIpc) is 3.29. The lowest BCUT2D eigenvalue weighted by molar-refractivity contribution is 0.598. The monoisotopic (exact) mass is 365 g/mol. The first-order valence-corrected chi connectivity index (χ1v) is 8.95. The Kier molecular flexibility index (Phi) is 3.54. The second-order valence-electron chi connectivity index (χ2n) is 5.56. The third kappa shape index (κ3) is 2.61. The summed E-state index contributed by atoms with van der Waals surface area (Å²) in [5.74, 6) is 0.112. The van der Waals surface area contributed by atoms with Gasteiger partial charge in [-0.3, -0.25) is 0 Å². The van der Waals surface area contributed by atoms with Gasteiger partial charge in [0.2, 0.25) is 15.8 Å². The number of hydrogen-bond acceptors (Lipinski definition) is 6. The third-order valence-corrected chi connectivity index (χ3v) is 4.89. The molecule has 128 valence electrons. The Bertz CT molecular complexity index is 1270. The van der Waals surface area contributed by atoms with E-state index in [0.29, 0.717) is 16.8 Å². The van der Waals surface area contributed by atoms with Crippen LogP contribution in [0.2, 0.25) is 0 Å². The van der Waals surface area contributed by atoms with E-state index in [1.165, 1.54) is 6.07 Å². The number of aromatic amines is 2. The number of primary sulfonamides is 1. The third-order valence-electron chi connectivity index (χ3n) is 3.94. The lowest BCUT2D eigenvalue weighted by atomic mass is 10.0. The van der Waals surface area contributed by atoms with Gasteiger partial charge in [-0.2, -0.15) is 10.5 Å². The first-order chi connectivity index (χ1) is 12.5. The van der Waals surface area contributed by atoms with Gasteiger partial charge in [0.25, 0.3) is 0 Å². The van der Waals surface area contributed by atoms with Crippen molar-refractivity contribution in [3.63, 3.8) is 0 Å². The van der Waals surface area contributed by atoms with Crippen LogP contribution in [-0.2, 0) is 10.0 Å². The molecule has 4 aromatic rings. The maximum Gasteiger partial charge on any atom is 0.238 e. The zero-order valence-electron chi connectivity index (χ0n) is 13.1. The fourth-order valence-electron chi connectivity index (χ4n) is 2.84. The molecule has 2 aromatic heterocycles. The normalized spacial score (nSPS) is 11.5. The number of fused-ring (bicyclic) bond motifs is 1. The lowest BCUT2D eigenvalue weighted by Crippen LogP contribution is -2.14. The molecule has 10 heteroatoms. The van der Waals surface area contributed by atoms with Crippen LogP contribution >= 0.6 is 0 Å². The van der Waals surface area contributed by atoms with Crippen LogP contribution in [0.5, 0.6) is 0 Å². The zero-order chi connectivity index (χ0) is 18.3. The molecule has 0 spiro atoms. The van der Waals surface area contributed by atoms with Crippen molar-refractivity contribution in [2.75, 3.05) is 0 Å². The minimum atomic E-state index is -4.01. The van der Waals surface area contributed by atoms with Gasteiger partial charge in [0.05, 0.1) is 22.1 Å². The van der Waals surface area contributed by atoms with Crippen LogP contribution in [0.25, 0.3) is 33.5 Å². The topological polar surface area (TPSA) is 154 Å². The lowest BCUT2D eigenvalue weighted by Gasteiger charge is -2.09. The van der Waals surface area contributed by atoms with Crippen LogP contribution in [0.3, 0.4) is 0 Å². The van der Waals surface area contributed by atoms with Crippen molar-refractivity contribution in [3.05, 3.63) is 48.0 Å². The molecule has 0 fully saturated rings. The molecule has 0 saturated carbocycles. The highest BCUT2D eigenvalue weighted by molar-refractivity contribution is 7.89. The first kappa shape index (κ1) is 15.9. The summed E-state index contributed by atoms with van der Waals surface area (Å²) in [4.78, 5) is 3.11. The van der Waals surface area contributed by atoms with Crippen LogP contribution in [0.1, 0.15) is 5.56 Å². The van der Waals surface area contributed by atoms with Crippen molar-refractivity contribution in [2.24, 2.45) is 5.14 Å². The number of nitriles is 1. The summed E-state index contributed by atoms with van der Waals surface area (Å²) in [6, 6.07) is 13.8. The molecule has 9 nitrogen and oxygen atoms in total. The number of hydrogen-bond donors (Lipinski definition) is 3.